The van der Waals surface area contributed by atoms with E-state index in [1.165, 1.54) is 17.7 Å². The van der Waals surface area contributed by atoms with Gasteiger partial charge in [-0.1, -0.05) is 54.6 Å². The number of piperidine rings is 1. The summed E-state index contributed by atoms with van der Waals surface area (Å²) in [6.07, 6.45) is 5.67. The van der Waals surface area contributed by atoms with Gasteiger partial charge in [-0.3, -0.25) is 9.59 Å². The molecule has 0 bridgehead atoms. The van der Waals surface area contributed by atoms with Crippen LogP contribution in [0.4, 0.5) is 31.5 Å². The van der Waals surface area contributed by atoms with E-state index < -0.39 is 11.6 Å². The Kier molecular flexibility index (Phi) is 9.38. The second kappa shape index (κ2) is 14.2. The molecule has 3 aliphatic rings. The van der Waals surface area contributed by atoms with Gasteiger partial charge in [0, 0.05) is 30.2 Å². The number of nitrogens with zero attached hydrogens (tertiary/aromatic N) is 2. The summed E-state index contributed by atoms with van der Waals surface area (Å²) in [7, 11) is 0. The monoisotopic (exact) mass is 649 g/mol. The Morgan fingerprint density at radius 3 is 1.92 bits per heavy atom. The van der Waals surface area contributed by atoms with Gasteiger partial charge in [-0.05, 0) is 104 Å². The lowest BCUT2D eigenvalue weighted by Gasteiger charge is -2.36. The fourth-order valence-corrected chi connectivity index (χ4v) is 7.79. The maximum absolute atomic E-state index is 16.1. The summed E-state index contributed by atoms with van der Waals surface area (Å²) < 4.78 is 32.1. The lowest BCUT2D eigenvalue weighted by molar-refractivity contribution is -0.117. The van der Waals surface area contributed by atoms with Gasteiger partial charge in [0.2, 0.25) is 12.3 Å². The highest BCUT2D eigenvalue weighted by Crippen LogP contribution is 2.48. The maximum atomic E-state index is 16.1. The van der Waals surface area contributed by atoms with Crippen LogP contribution >= 0.6 is 0 Å². The molecule has 3 saturated heterocycles. The van der Waals surface area contributed by atoms with Gasteiger partial charge in [-0.15, -0.1) is 0 Å². The number of nitrogens with one attached hydrogen (secondary N) is 3. The van der Waals surface area contributed by atoms with E-state index in [-0.39, 0.29) is 29.7 Å². The molecule has 0 saturated carbocycles. The Hall–Kier alpha value is -4.76. The molecule has 0 aromatic heterocycles. The van der Waals surface area contributed by atoms with Gasteiger partial charge in [0.1, 0.15) is 5.69 Å². The largest absolute Gasteiger partial charge is 0.367 e. The normalized spacial score (nSPS) is 21.3. The van der Waals surface area contributed by atoms with Gasteiger partial charge in [0.15, 0.2) is 11.6 Å². The highest BCUT2D eigenvalue weighted by molar-refractivity contribution is 5.95. The van der Waals surface area contributed by atoms with Crippen molar-refractivity contribution in [2.24, 2.45) is 0 Å². The fourth-order valence-electron chi connectivity index (χ4n) is 7.79. The molecule has 0 radical (unpaired) electrons. The van der Waals surface area contributed by atoms with Crippen molar-refractivity contribution in [3.05, 3.63) is 119 Å². The number of hydrogen-bond donors (Lipinski definition) is 3. The number of halogens is 2. The molecule has 4 aromatic carbocycles. The van der Waals surface area contributed by atoms with Gasteiger partial charge in [0.25, 0.3) is 0 Å². The first-order valence-corrected chi connectivity index (χ1v) is 17.0. The molecule has 3 heterocycles. The van der Waals surface area contributed by atoms with Crippen LogP contribution in [-0.4, -0.2) is 38.0 Å². The van der Waals surface area contributed by atoms with Gasteiger partial charge < -0.3 is 25.8 Å². The lowest BCUT2D eigenvalue weighted by atomic mass is 9.89. The van der Waals surface area contributed by atoms with Crippen LogP contribution in [0.25, 0.3) is 0 Å². The lowest BCUT2D eigenvalue weighted by Crippen LogP contribution is -2.35. The molecule has 3 fully saturated rings. The number of hydrogen-bond acceptors (Lipinski definition) is 5. The van der Waals surface area contributed by atoms with Crippen LogP contribution in [0.15, 0.2) is 91.0 Å². The molecule has 4 aromatic rings. The van der Waals surface area contributed by atoms with E-state index in [0.29, 0.717) is 42.5 Å². The van der Waals surface area contributed by atoms with Gasteiger partial charge in [-0.2, -0.15) is 0 Å². The van der Waals surface area contributed by atoms with E-state index in [0.717, 1.165) is 56.2 Å². The highest BCUT2D eigenvalue weighted by atomic mass is 19.1. The third-order valence-corrected chi connectivity index (χ3v) is 10.2. The van der Waals surface area contributed by atoms with Gasteiger partial charge >= 0.3 is 0 Å². The van der Waals surface area contributed by atoms with Crippen molar-refractivity contribution in [1.82, 2.24) is 5.32 Å². The Morgan fingerprint density at radius 1 is 0.750 bits per heavy atom. The van der Waals surface area contributed by atoms with Crippen molar-refractivity contribution >= 4 is 35.1 Å². The SMILES string of the molecule is O=CNc1ccc([C@@H]2CC[C@@H](c3ccc(NC(=O)[C@@H]4CCCN4)cc3)N2c2cc(F)c(N3CCC(c4ccccc4)CC3)c(F)c2)cc1. The average Bonchev–Trinajstić information content (AvgIpc) is 3.81. The molecule has 48 heavy (non-hydrogen) atoms. The number of rotatable bonds is 9. The van der Waals surface area contributed by atoms with E-state index in [1.807, 2.05) is 71.6 Å². The Morgan fingerprint density at radius 2 is 1.35 bits per heavy atom. The van der Waals surface area contributed by atoms with Crippen LogP contribution in [-0.2, 0) is 9.59 Å². The third-order valence-electron chi connectivity index (χ3n) is 10.2. The third kappa shape index (κ3) is 6.65. The summed E-state index contributed by atoms with van der Waals surface area (Å²) in [5.41, 5.74) is 5.19. The van der Waals surface area contributed by atoms with Crippen molar-refractivity contribution in [3.63, 3.8) is 0 Å². The summed E-state index contributed by atoms with van der Waals surface area (Å²) >= 11 is 0. The van der Waals surface area contributed by atoms with E-state index in [9.17, 15) is 9.59 Å². The minimum absolute atomic E-state index is 0.0364. The molecule has 7 rings (SSSR count). The molecule has 3 aliphatic heterocycles. The molecule has 2 amide bonds. The van der Waals surface area contributed by atoms with Crippen molar-refractivity contribution in [2.75, 3.05) is 40.1 Å². The predicted octanol–water partition coefficient (Wildman–Crippen LogP) is 7.69. The first kappa shape index (κ1) is 31.8. The second-order valence-corrected chi connectivity index (χ2v) is 13.1. The number of carbonyl (C=O) groups is 2. The maximum Gasteiger partial charge on any atom is 0.241 e. The standard InChI is InChI=1S/C39H41F2N5O2/c40-33-23-32(24-34(41)38(33)45-21-18-27(19-22-45)26-5-2-1-3-6-26)46-36(28-8-12-30(13-9-28)43-25-47)16-17-37(46)29-10-14-31(15-11-29)44-39(48)35-7-4-20-42-35/h1-3,5-6,8-15,23-25,27,35-37,42H,4,7,16-22H2,(H,43,47)(H,44,48)/t35-,36-,37-/m0/s1. The molecular weight excluding hydrogens is 608 g/mol. The molecule has 3 N–H and O–H groups in total. The Balaban J connectivity index is 1.15. The zero-order valence-corrected chi connectivity index (χ0v) is 26.9. The Bertz CT molecular complexity index is 1700. The molecular formula is C39H41F2N5O2. The van der Waals surface area contributed by atoms with Crippen LogP contribution in [0.2, 0.25) is 0 Å². The van der Waals surface area contributed by atoms with E-state index in [2.05, 4.69) is 33.0 Å². The average molecular weight is 650 g/mol. The first-order chi connectivity index (χ1) is 23.5. The molecule has 0 spiro atoms. The summed E-state index contributed by atoms with van der Waals surface area (Å²) in [6.45, 7) is 2.02. The Labute approximate surface area is 280 Å². The van der Waals surface area contributed by atoms with Crippen LogP contribution in [0, 0.1) is 11.6 Å². The smallest absolute Gasteiger partial charge is 0.241 e. The molecule has 248 valence electrons. The molecule has 9 heteroatoms. The summed E-state index contributed by atoms with van der Waals surface area (Å²) in [5.74, 6) is -0.773. The van der Waals surface area contributed by atoms with Crippen molar-refractivity contribution in [1.29, 1.82) is 0 Å². The van der Waals surface area contributed by atoms with Crippen LogP contribution in [0.3, 0.4) is 0 Å². The predicted molar refractivity (Wildman–Crippen MR) is 186 cm³/mol. The fraction of sp³-hybridized carbons (Fsp3) is 0.333. The van der Waals surface area contributed by atoms with Crippen LogP contribution in [0.1, 0.15) is 73.2 Å². The summed E-state index contributed by atoms with van der Waals surface area (Å²) in [5, 5.41) is 8.91. The van der Waals surface area contributed by atoms with E-state index in [4.69, 9.17) is 0 Å². The van der Waals surface area contributed by atoms with Gasteiger partial charge in [-0.25, -0.2) is 8.78 Å². The van der Waals surface area contributed by atoms with E-state index in [1.54, 1.807) is 0 Å². The minimum atomic E-state index is -0.559. The van der Waals surface area contributed by atoms with Crippen LogP contribution < -0.4 is 25.8 Å². The van der Waals surface area contributed by atoms with Gasteiger partial charge in [0.05, 0.1) is 18.1 Å². The molecule has 3 atom stereocenters. The zero-order chi connectivity index (χ0) is 33.0. The van der Waals surface area contributed by atoms with Crippen molar-refractivity contribution < 1.29 is 18.4 Å². The summed E-state index contributed by atoms with van der Waals surface area (Å²) in [6, 6.07) is 28.2. The number of anilines is 4. The quantitative estimate of drug-likeness (QED) is 0.162. The summed E-state index contributed by atoms with van der Waals surface area (Å²) in [4.78, 5) is 27.6. The van der Waals surface area contributed by atoms with Crippen LogP contribution in [0.5, 0.6) is 0 Å². The van der Waals surface area contributed by atoms with E-state index >= 15 is 8.78 Å². The highest BCUT2D eigenvalue weighted by Gasteiger charge is 2.37. The number of carbonyl (C=O) groups excluding carboxylic acids is 2. The topological polar surface area (TPSA) is 76.7 Å². The zero-order valence-electron chi connectivity index (χ0n) is 26.9. The molecule has 0 aliphatic carbocycles. The van der Waals surface area contributed by atoms with Crippen molar-refractivity contribution in [2.45, 2.75) is 62.6 Å². The molecule has 7 nitrogen and oxygen atoms in total. The van der Waals surface area contributed by atoms with Crippen molar-refractivity contribution in [3.8, 4) is 0 Å². The second-order valence-electron chi connectivity index (χ2n) is 13.1. The number of amides is 2. The molecule has 0 unspecified atom stereocenters. The first-order valence-electron chi connectivity index (χ1n) is 17.0. The minimum Gasteiger partial charge on any atom is -0.367 e. The number of benzene rings is 4.